The fourth-order valence-corrected chi connectivity index (χ4v) is 3.86. The number of hydrogen-bond donors (Lipinski definition) is 2. The number of anilines is 1. The molecular weight excluding hydrogens is 331 g/mol. The number of fused-ring (bicyclic) bond motifs is 3. The normalized spacial score (nSPS) is 25.6. The van der Waals surface area contributed by atoms with E-state index in [0.29, 0.717) is 17.9 Å². The van der Waals surface area contributed by atoms with Crippen molar-refractivity contribution >= 4 is 5.69 Å². The molecule has 0 amide bonds. The first-order valence-corrected chi connectivity index (χ1v) is 8.32. The standard InChI is InChI=1S/C19H18F3NO2/c20-19(21,22)12-5-8-16-15(10-12)18-14(2-1-9-25-18)17(23-16)11-3-6-13(24)7-4-11/h3-8,10,14,17-18,23-24H,1-2,9H2/t14-,17?,18-/m0/s1. The minimum absolute atomic E-state index is 0.0503. The van der Waals surface area contributed by atoms with Crippen molar-refractivity contribution in [3.8, 4) is 5.75 Å². The van der Waals surface area contributed by atoms with E-state index in [4.69, 9.17) is 4.74 Å². The highest BCUT2D eigenvalue weighted by Crippen LogP contribution is 2.50. The number of halogens is 3. The van der Waals surface area contributed by atoms with Crippen LogP contribution in [0.1, 0.15) is 41.7 Å². The molecule has 2 heterocycles. The number of ether oxygens (including phenoxy) is 1. The molecule has 6 heteroatoms. The summed E-state index contributed by atoms with van der Waals surface area (Å²) in [5.74, 6) is 0.237. The number of phenolic OH excluding ortho intramolecular Hbond substituents is 1. The van der Waals surface area contributed by atoms with Crippen LogP contribution < -0.4 is 5.32 Å². The average molecular weight is 349 g/mol. The zero-order chi connectivity index (χ0) is 17.6. The highest BCUT2D eigenvalue weighted by molar-refractivity contribution is 5.58. The second-order valence-corrected chi connectivity index (χ2v) is 6.61. The Balaban J connectivity index is 1.76. The number of phenols is 1. The van der Waals surface area contributed by atoms with Gasteiger partial charge in [-0.05, 0) is 48.7 Å². The topological polar surface area (TPSA) is 41.5 Å². The summed E-state index contributed by atoms with van der Waals surface area (Å²) >= 11 is 0. The van der Waals surface area contributed by atoms with Gasteiger partial charge in [-0.15, -0.1) is 0 Å². The van der Waals surface area contributed by atoms with Crippen LogP contribution in [0, 0.1) is 5.92 Å². The molecule has 4 rings (SSSR count). The van der Waals surface area contributed by atoms with Crippen LogP contribution in [0.3, 0.4) is 0 Å². The van der Waals surface area contributed by atoms with E-state index in [1.54, 1.807) is 12.1 Å². The van der Waals surface area contributed by atoms with Crippen molar-refractivity contribution in [2.24, 2.45) is 5.92 Å². The van der Waals surface area contributed by atoms with Crippen LogP contribution in [-0.2, 0) is 10.9 Å². The van der Waals surface area contributed by atoms with Crippen molar-refractivity contribution in [1.29, 1.82) is 0 Å². The van der Waals surface area contributed by atoms with E-state index < -0.39 is 11.7 Å². The van der Waals surface area contributed by atoms with E-state index in [-0.39, 0.29) is 23.8 Å². The van der Waals surface area contributed by atoms with E-state index in [1.165, 1.54) is 12.1 Å². The van der Waals surface area contributed by atoms with Crippen LogP contribution in [0.25, 0.3) is 0 Å². The monoisotopic (exact) mass is 349 g/mol. The van der Waals surface area contributed by atoms with Gasteiger partial charge in [0.1, 0.15) is 5.75 Å². The molecule has 1 saturated heterocycles. The predicted molar refractivity (Wildman–Crippen MR) is 87.3 cm³/mol. The highest BCUT2D eigenvalue weighted by atomic mass is 19.4. The second kappa shape index (κ2) is 5.95. The van der Waals surface area contributed by atoms with Gasteiger partial charge in [-0.1, -0.05) is 12.1 Å². The zero-order valence-corrected chi connectivity index (χ0v) is 13.4. The van der Waals surface area contributed by atoms with Gasteiger partial charge in [0.05, 0.1) is 17.7 Å². The number of alkyl halides is 3. The third-order valence-electron chi connectivity index (χ3n) is 5.04. The molecule has 25 heavy (non-hydrogen) atoms. The molecule has 0 saturated carbocycles. The summed E-state index contributed by atoms with van der Waals surface area (Å²) in [7, 11) is 0. The third kappa shape index (κ3) is 2.95. The van der Waals surface area contributed by atoms with Gasteiger partial charge < -0.3 is 15.2 Å². The van der Waals surface area contributed by atoms with Crippen molar-refractivity contribution in [2.75, 3.05) is 11.9 Å². The summed E-state index contributed by atoms with van der Waals surface area (Å²) in [5.41, 5.74) is 1.59. The lowest BCUT2D eigenvalue weighted by atomic mass is 9.77. The fourth-order valence-electron chi connectivity index (χ4n) is 3.86. The number of rotatable bonds is 1. The van der Waals surface area contributed by atoms with Crippen LogP contribution in [0.15, 0.2) is 42.5 Å². The molecule has 0 bridgehead atoms. The lowest BCUT2D eigenvalue weighted by Gasteiger charge is -2.43. The Labute approximate surface area is 143 Å². The van der Waals surface area contributed by atoms with Gasteiger partial charge in [0, 0.05) is 23.8 Å². The molecular formula is C19H18F3NO2. The molecule has 3 nitrogen and oxygen atoms in total. The van der Waals surface area contributed by atoms with Gasteiger partial charge in [0.15, 0.2) is 0 Å². The van der Waals surface area contributed by atoms with Crippen LogP contribution in [0.2, 0.25) is 0 Å². The quantitative estimate of drug-likeness (QED) is 0.757. The summed E-state index contributed by atoms with van der Waals surface area (Å²) in [4.78, 5) is 0. The lowest BCUT2D eigenvalue weighted by Crippen LogP contribution is -2.36. The fraction of sp³-hybridized carbons (Fsp3) is 0.368. The largest absolute Gasteiger partial charge is 0.508 e. The summed E-state index contributed by atoms with van der Waals surface area (Å²) in [6.07, 6.45) is -2.97. The Kier molecular flexibility index (Phi) is 3.87. The Morgan fingerprint density at radius 3 is 2.56 bits per heavy atom. The molecule has 1 unspecified atom stereocenters. The van der Waals surface area contributed by atoms with Gasteiger partial charge in [-0.2, -0.15) is 13.2 Å². The summed E-state index contributed by atoms with van der Waals surface area (Å²) in [6.45, 7) is 0.555. The van der Waals surface area contributed by atoms with Gasteiger partial charge in [0.2, 0.25) is 0 Å². The van der Waals surface area contributed by atoms with E-state index in [0.717, 1.165) is 24.5 Å². The molecule has 0 radical (unpaired) electrons. The van der Waals surface area contributed by atoms with Crippen LogP contribution in [-0.4, -0.2) is 11.7 Å². The Hall–Kier alpha value is -2.21. The first-order valence-electron chi connectivity index (χ1n) is 8.32. The zero-order valence-electron chi connectivity index (χ0n) is 13.4. The smallest absolute Gasteiger partial charge is 0.416 e. The first-order chi connectivity index (χ1) is 11.9. The van der Waals surface area contributed by atoms with Crippen LogP contribution in [0.4, 0.5) is 18.9 Å². The molecule has 132 valence electrons. The number of benzene rings is 2. The van der Waals surface area contributed by atoms with E-state index in [9.17, 15) is 18.3 Å². The van der Waals surface area contributed by atoms with Crippen molar-refractivity contribution in [1.82, 2.24) is 0 Å². The van der Waals surface area contributed by atoms with Crippen molar-refractivity contribution in [3.05, 3.63) is 59.2 Å². The summed E-state index contributed by atoms with van der Waals surface area (Å²) in [6, 6.07) is 10.7. The van der Waals surface area contributed by atoms with Gasteiger partial charge in [-0.25, -0.2) is 0 Å². The SMILES string of the molecule is Oc1ccc(C2Nc3ccc(C(F)(F)F)cc3[C@H]3OCCC[C@@H]23)cc1. The maximum atomic E-state index is 13.1. The van der Waals surface area contributed by atoms with E-state index in [2.05, 4.69) is 5.32 Å². The van der Waals surface area contributed by atoms with Gasteiger partial charge in [0.25, 0.3) is 0 Å². The molecule has 0 spiro atoms. The summed E-state index contributed by atoms with van der Waals surface area (Å²) in [5, 5.41) is 12.9. The molecule has 2 aliphatic heterocycles. The molecule has 1 fully saturated rings. The first kappa shape index (κ1) is 16.3. The van der Waals surface area contributed by atoms with Crippen LogP contribution >= 0.6 is 0 Å². The average Bonchev–Trinajstić information content (AvgIpc) is 2.60. The number of hydrogen-bond acceptors (Lipinski definition) is 3. The van der Waals surface area contributed by atoms with Crippen molar-refractivity contribution in [3.63, 3.8) is 0 Å². The van der Waals surface area contributed by atoms with E-state index >= 15 is 0 Å². The summed E-state index contributed by atoms with van der Waals surface area (Å²) < 4.78 is 45.1. The highest BCUT2D eigenvalue weighted by Gasteiger charge is 2.41. The molecule has 2 aliphatic rings. The Bertz CT molecular complexity index is 773. The maximum absolute atomic E-state index is 13.1. The van der Waals surface area contributed by atoms with Gasteiger partial charge in [-0.3, -0.25) is 0 Å². The Morgan fingerprint density at radius 2 is 1.84 bits per heavy atom. The minimum atomic E-state index is -4.37. The molecule has 2 N–H and O–H groups in total. The maximum Gasteiger partial charge on any atom is 0.416 e. The second-order valence-electron chi connectivity index (χ2n) is 6.61. The molecule has 2 aromatic rings. The number of nitrogens with one attached hydrogen (secondary N) is 1. The van der Waals surface area contributed by atoms with Crippen molar-refractivity contribution < 1.29 is 23.0 Å². The third-order valence-corrected chi connectivity index (χ3v) is 5.04. The van der Waals surface area contributed by atoms with Crippen molar-refractivity contribution in [2.45, 2.75) is 31.2 Å². The number of aromatic hydroxyl groups is 1. The van der Waals surface area contributed by atoms with Gasteiger partial charge >= 0.3 is 6.18 Å². The molecule has 2 aromatic carbocycles. The lowest BCUT2D eigenvalue weighted by molar-refractivity contribution is -0.137. The molecule has 0 aliphatic carbocycles. The Morgan fingerprint density at radius 1 is 1.08 bits per heavy atom. The predicted octanol–water partition coefficient (Wildman–Crippen LogP) is 5.05. The molecule has 0 aromatic heterocycles. The minimum Gasteiger partial charge on any atom is -0.508 e. The molecule has 3 atom stereocenters. The van der Waals surface area contributed by atoms with Crippen LogP contribution in [0.5, 0.6) is 5.75 Å². The van der Waals surface area contributed by atoms with E-state index in [1.807, 2.05) is 12.1 Å².